The Bertz CT molecular complexity index is 540. The summed E-state index contributed by atoms with van der Waals surface area (Å²) in [4.78, 5) is 11.5. The number of amides is 1. The number of halogens is 1. The Morgan fingerprint density at radius 2 is 1.84 bits per heavy atom. The third-order valence-electron chi connectivity index (χ3n) is 3.00. The Balaban J connectivity index is 3.14. The Morgan fingerprint density at radius 1 is 1.32 bits per heavy atom. The summed E-state index contributed by atoms with van der Waals surface area (Å²) in [6.07, 6.45) is 0.741. The van der Waals surface area contributed by atoms with Crippen molar-refractivity contribution >= 4 is 31.7 Å². The van der Waals surface area contributed by atoms with Crippen LogP contribution < -0.4 is 5.73 Å². The minimum Gasteiger partial charge on any atom is -0.368 e. The third-order valence-corrected chi connectivity index (χ3v) is 5.79. The summed E-state index contributed by atoms with van der Waals surface area (Å²) >= 11 is 3.27. The van der Waals surface area contributed by atoms with Gasteiger partial charge in [-0.1, -0.05) is 48.3 Å². The van der Waals surface area contributed by atoms with Gasteiger partial charge in [0, 0.05) is 4.47 Å². The highest BCUT2D eigenvalue weighted by Gasteiger charge is 2.33. The van der Waals surface area contributed by atoms with E-state index in [1.54, 1.807) is 24.3 Å². The minimum absolute atomic E-state index is 0.00213. The zero-order chi connectivity index (χ0) is 14.6. The molecule has 19 heavy (non-hydrogen) atoms. The van der Waals surface area contributed by atoms with Gasteiger partial charge in [-0.3, -0.25) is 4.79 Å². The number of rotatable bonds is 6. The Labute approximate surface area is 122 Å². The molecule has 1 aromatic carbocycles. The Morgan fingerprint density at radius 3 is 2.26 bits per heavy atom. The third kappa shape index (κ3) is 4.31. The zero-order valence-electron chi connectivity index (χ0n) is 11.0. The molecule has 0 bridgehead atoms. The van der Waals surface area contributed by atoms with Crippen LogP contribution >= 0.6 is 15.9 Å². The van der Waals surface area contributed by atoms with Gasteiger partial charge >= 0.3 is 0 Å². The smallest absolute Gasteiger partial charge is 0.240 e. The Hall–Kier alpha value is -0.880. The van der Waals surface area contributed by atoms with Crippen molar-refractivity contribution in [2.24, 2.45) is 11.7 Å². The summed E-state index contributed by atoms with van der Waals surface area (Å²) in [6.45, 7) is 3.76. The fourth-order valence-corrected chi connectivity index (χ4v) is 4.21. The van der Waals surface area contributed by atoms with Crippen molar-refractivity contribution < 1.29 is 13.2 Å². The molecule has 106 valence electrons. The van der Waals surface area contributed by atoms with Gasteiger partial charge in [0.25, 0.3) is 0 Å². The number of hydrogen-bond acceptors (Lipinski definition) is 3. The molecule has 2 unspecified atom stereocenters. The van der Waals surface area contributed by atoms with Crippen LogP contribution in [-0.4, -0.2) is 20.1 Å². The van der Waals surface area contributed by atoms with E-state index in [0.717, 1.165) is 10.9 Å². The lowest BCUT2D eigenvalue weighted by Gasteiger charge is -2.17. The van der Waals surface area contributed by atoms with E-state index < -0.39 is 21.0 Å². The van der Waals surface area contributed by atoms with Crippen LogP contribution in [0.5, 0.6) is 0 Å². The van der Waals surface area contributed by atoms with Crippen LogP contribution in [0.1, 0.15) is 31.1 Å². The van der Waals surface area contributed by atoms with E-state index in [9.17, 15) is 13.2 Å². The highest BCUT2D eigenvalue weighted by molar-refractivity contribution is 9.10. The van der Waals surface area contributed by atoms with Gasteiger partial charge in [-0.05, 0) is 23.6 Å². The standard InChI is InChI=1S/C13H18BrNO3S/c1-3-9(2)8-19(17,18)12(13(15)16)10-4-6-11(14)7-5-10/h4-7,9,12H,3,8H2,1-2H3,(H2,15,16). The van der Waals surface area contributed by atoms with Crippen molar-refractivity contribution in [1.82, 2.24) is 0 Å². The average molecular weight is 348 g/mol. The Kier molecular flexibility index (Phi) is 5.55. The first-order chi connectivity index (χ1) is 8.77. The average Bonchev–Trinajstić information content (AvgIpc) is 2.30. The molecule has 0 aliphatic heterocycles. The molecule has 6 heteroatoms. The molecule has 0 fully saturated rings. The predicted molar refractivity (Wildman–Crippen MR) is 79.3 cm³/mol. The SMILES string of the molecule is CCC(C)CS(=O)(=O)C(C(N)=O)c1ccc(Br)cc1. The second kappa shape index (κ2) is 6.52. The lowest BCUT2D eigenvalue weighted by Crippen LogP contribution is -2.31. The lowest BCUT2D eigenvalue weighted by molar-refractivity contribution is -0.117. The molecule has 0 heterocycles. The van der Waals surface area contributed by atoms with Crippen LogP contribution in [0.15, 0.2) is 28.7 Å². The van der Waals surface area contributed by atoms with Gasteiger partial charge in [-0.2, -0.15) is 0 Å². The molecule has 2 atom stereocenters. The maximum Gasteiger partial charge on any atom is 0.240 e. The molecule has 1 amide bonds. The van der Waals surface area contributed by atoms with Crippen molar-refractivity contribution in [1.29, 1.82) is 0 Å². The van der Waals surface area contributed by atoms with E-state index in [-0.39, 0.29) is 11.7 Å². The molecule has 1 rings (SSSR count). The number of carbonyl (C=O) groups excluding carboxylic acids is 1. The van der Waals surface area contributed by atoms with Gasteiger partial charge in [-0.15, -0.1) is 0 Å². The number of sulfone groups is 1. The van der Waals surface area contributed by atoms with Crippen LogP contribution in [0.3, 0.4) is 0 Å². The summed E-state index contributed by atoms with van der Waals surface area (Å²) in [6, 6.07) is 6.61. The first kappa shape index (κ1) is 16.2. The van der Waals surface area contributed by atoms with Crippen LogP contribution in [-0.2, 0) is 14.6 Å². The van der Waals surface area contributed by atoms with Crippen LogP contribution in [0.25, 0.3) is 0 Å². The molecule has 0 aliphatic carbocycles. The molecule has 0 saturated heterocycles. The van der Waals surface area contributed by atoms with Crippen LogP contribution in [0.4, 0.5) is 0 Å². The molecule has 0 radical (unpaired) electrons. The number of primary amides is 1. The summed E-state index contributed by atoms with van der Waals surface area (Å²) in [5.74, 6) is -0.861. The summed E-state index contributed by atoms with van der Waals surface area (Å²) in [5, 5.41) is -1.27. The van der Waals surface area contributed by atoms with Crippen molar-refractivity contribution in [3.05, 3.63) is 34.3 Å². The molecule has 1 aromatic rings. The topological polar surface area (TPSA) is 77.2 Å². The highest BCUT2D eigenvalue weighted by Crippen LogP contribution is 2.26. The van der Waals surface area contributed by atoms with Crippen LogP contribution in [0, 0.1) is 5.92 Å². The fraction of sp³-hybridized carbons (Fsp3) is 0.462. The predicted octanol–water partition coefficient (Wildman–Crippen LogP) is 2.44. The summed E-state index contributed by atoms with van der Waals surface area (Å²) in [7, 11) is -3.59. The monoisotopic (exact) mass is 347 g/mol. The molecule has 0 saturated carbocycles. The minimum atomic E-state index is -3.59. The fourth-order valence-electron chi connectivity index (χ4n) is 1.80. The van der Waals surface area contributed by atoms with E-state index in [0.29, 0.717) is 5.56 Å². The molecule has 4 nitrogen and oxygen atoms in total. The number of carbonyl (C=O) groups is 1. The van der Waals surface area contributed by atoms with Gasteiger partial charge in [0.2, 0.25) is 5.91 Å². The first-order valence-corrected chi connectivity index (χ1v) is 8.55. The molecular formula is C13H18BrNO3S. The molecule has 0 spiro atoms. The van der Waals surface area contributed by atoms with Crippen molar-refractivity contribution in [3.63, 3.8) is 0 Å². The lowest BCUT2D eigenvalue weighted by atomic mass is 10.1. The zero-order valence-corrected chi connectivity index (χ0v) is 13.4. The highest BCUT2D eigenvalue weighted by atomic mass is 79.9. The van der Waals surface area contributed by atoms with Gasteiger partial charge in [-0.25, -0.2) is 8.42 Å². The summed E-state index contributed by atoms with van der Waals surface area (Å²) in [5.41, 5.74) is 5.70. The van der Waals surface area contributed by atoms with E-state index in [1.165, 1.54) is 0 Å². The van der Waals surface area contributed by atoms with E-state index in [2.05, 4.69) is 15.9 Å². The molecule has 2 N–H and O–H groups in total. The molecule has 0 aliphatic rings. The first-order valence-electron chi connectivity index (χ1n) is 6.04. The van der Waals surface area contributed by atoms with Crippen molar-refractivity contribution in [3.8, 4) is 0 Å². The van der Waals surface area contributed by atoms with Gasteiger partial charge in [0.05, 0.1) is 5.75 Å². The normalized spacial score (nSPS) is 14.9. The maximum absolute atomic E-state index is 12.3. The quantitative estimate of drug-likeness (QED) is 0.858. The van der Waals surface area contributed by atoms with E-state index >= 15 is 0 Å². The largest absolute Gasteiger partial charge is 0.368 e. The van der Waals surface area contributed by atoms with E-state index in [1.807, 2.05) is 13.8 Å². The number of nitrogens with two attached hydrogens (primary N) is 1. The van der Waals surface area contributed by atoms with Crippen LogP contribution in [0.2, 0.25) is 0 Å². The van der Waals surface area contributed by atoms with Gasteiger partial charge in [0.15, 0.2) is 15.1 Å². The number of hydrogen-bond donors (Lipinski definition) is 1. The van der Waals surface area contributed by atoms with Crippen molar-refractivity contribution in [2.75, 3.05) is 5.75 Å². The van der Waals surface area contributed by atoms with E-state index in [4.69, 9.17) is 5.73 Å². The van der Waals surface area contributed by atoms with Gasteiger partial charge < -0.3 is 5.73 Å². The second-order valence-electron chi connectivity index (χ2n) is 4.68. The molecular weight excluding hydrogens is 330 g/mol. The maximum atomic E-state index is 12.3. The van der Waals surface area contributed by atoms with Gasteiger partial charge in [0.1, 0.15) is 0 Å². The number of benzene rings is 1. The molecule has 0 aromatic heterocycles. The second-order valence-corrected chi connectivity index (χ2v) is 7.72. The summed E-state index contributed by atoms with van der Waals surface area (Å²) < 4.78 is 25.4. The van der Waals surface area contributed by atoms with Crippen molar-refractivity contribution in [2.45, 2.75) is 25.5 Å².